The lowest BCUT2D eigenvalue weighted by Gasteiger charge is -2.11. The van der Waals surface area contributed by atoms with Crippen molar-refractivity contribution in [2.45, 2.75) is 0 Å². The molecular weight excluding hydrogens is 245 g/mol. The van der Waals surface area contributed by atoms with Crippen LogP contribution in [0.1, 0.15) is 0 Å². The molecule has 0 fully saturated rings. The van der Waals surface area contributed by atoms with Crippen LogP contribution < -0.4 is 10.4 Å². The number of rotatable bonds is 5. The number of hydrogen-bond donors (Lipinski definition) is 6. The maximum atomic E-state index is 10.5. The molecule has 0 aromatic rings. The standard InChI is InChI=1S/C5H10N3O7P/c9-3(10)1-6-5(7-2-4(11)12)8-16(13,14)15/h1-2H2,(H,9,10)(H,11,12)(H4,6,7,8,13,14,15). The number of nitrogens with one attached hydrogen (secondary N) is 2. The van der Waals surface area contributed by atoms with Crippen LogP contribution in [0, 0.1) is 0 Å². The fourth-order valence-corrected chi connectivity index (χ4v) is 1.00. The van der Waals surface area contributed by atoms with Gasteiger partial charge in [-0.1, -0.05) is 0 Å². The zero-order valence-corrected chi connectivity index (χ0v) is 8.72. The summed E-state index contributed by atoms with van der Waals surface area (Å²) in [5.74, 6) is -3.23. The number of aliphatic carboxylic acids is 2. The topological polar surface area (TPSA) is 169 Å². The zero-order valence-electron chi connectivity index (χ0n) is 7.82. The highest BCUT2D eigenvalue weighted by Gasteiger charge is 2.16. The predicted molar refractivity (Wildman–Crippen MR) is 50.8 cm³/mol. The number of hydrogen-bond acceptors (Lipinski definition) is 4. The molecule has 0 unspecified atom stereocenters. The third-order valence-corrected chi connectivity index (χ3v) is 1.53. The minimum atomic E-state index is -4.67. The summed E-state index contributed by atoms with van der Waals surface area (Å²) in [6.45, 7) is -1.42. The van der Waals surface area contributed by atoms with Crippen LogP contribution in [0.2, 0.25) is 0 Å². The van der Waals surface area contributed by atoms with Gasteiger partial charge >= 0.3 is 19.7 Å². The Morgan fingerprint density at radius 3 is 2.12 bits per heavy atom. The van der Waals surface area contributed by atoms with Crippen molar-refractivity contribution in [3.05, 3.63) is 0 Å². The molecule has 0 spiro atoms. The van der Waals surface area contributed by atoms with Crippen LogP contribution in [0.25, 0.3) is 0 Å². The summed E-state index contributed by atoms with van der Waals surface area (Å²) in [4.78, 5) is 40.5. The first-order valence-corrected chi connectivity index (χ1v) is 5.37. The summed E-state index contributed by atoms with van der Waals surface area (Å²) in [5.41, 5.74) is 0. The van der Waals surface area contributed by atoms with Gasteiger partial charge in [-0.15, -0.1) is 0 Å². The summed E-state index contributed by atoms with van der Waals surface area (Å²) in [6.07, 6.45) is 0. The van der Waals surface area contributed by atoms with Crippen molar-refractivity contribution in [1.82, 2.24) is 10.4 Å². The summed E-state index contributed by atoms with van der Waals surface area (Å²) in [5, 5.41) is 20.1. The Balaban J connectivity index is 4.50. The van der Waals surface area contributed by atoms with Crippen LogP contribution in [-0.2, 0) is 14.2 Å². The lowest BCUT2D eigenvalue weighted by Crippen LogP contribution is -2.38. The largest absolute Gasteiger partial charge is 0.480 e. The second kappa shape index (κ2) is 6.05. The average Bonchev–Trinajstić information content (AvgIpc) is 2.07. The Kier molecular flexibility index (Phi) is 5.43. The van der Waals surface area contributed by atoms with Crippen molar-refractivity contribution in [3.63, 3.8) is 0 Å². The molecule has 0 aromatic heterocycles. The Bertz CT molecular complexity index is 348. The number of carboxylic acid groups (broad SMARTS) is 2. The van der Waals surface area contributed by atoms with Gasteiger partial charge in [0.25, 0.3) is 0 Å². The molecule has 11 heteroatoms. The second-order valence-electron chi connectivity index (χ2n) is 2.46. The number of carboxylic acids is 2. The first kappa shape index (κ1) is 14.4. The molecule has 0 saturated heterocycles. The van der Waals surface area contributed by atoms with Crippen LogP contribution in [0.5, 0.6) is 0 Å². The molecular formula is C5H10N3O7P. The molecule has 0 radical (unpaired) electrons. The maximum Gasteiger partial charge on any atom is 0.429 e. The average molecular weight is 255 g/mol. The van der Waals surface area contributed by atoms with Gasteiger partial charge in [-0.25, -0.2) is 9.56 Å². The molecule has 0 atom stereocenters. The van der Waals surface area contributed by atoms with E-state index in [0.717, 1.165) is 0 Å². The second-order valence-corrected chi connectivity index (χ2v) is 3.77. The number of guanidine groups is 1. The van der Waals surface area contributed by atoms with Crippen molar-refractivity contribution < 1.29 is 34.2 Å². The first-order valence-electron chi connectivity index (χ1n) is 3.76. The highest BCUT2D eigenvalue weighted by atomic mass is 31.2. The van der Waals surface area contributed by atoms with Gasteiger partial charge in [0.1, 0.15) is 13.1 Å². The predicted octanol–water partition coefficient (Wildman–Crippen LogP) is -2.22. The zero-order chi connectivity index (χ0) is 12.8. The normalized spacial score (nSPS) is 12.0. The molecule has 16 heavy (non-hydrogen) atoms. The summed E-state index contributed by atoms with van der Waals surface area (Å²) in [6, 6.07) is 0. The van der Waals surface area contributed by atoms with Crippen LogP contribution >= 0.6 is 7.75 Å². The lowest BCUT2D eigenvalue weighted by molar-refractivity contribution is -0.136. The molecule has 0 aliphatic rings. The van der Waals surface area contributed by atoms with Crippen molar-refractivity contribution in [2.75, 3.05) is 13.1 Å². The third kappa shape index (κ3) is 8.94. The van der Waals surface area contributed by atoms with Crippen molar-refractivity contribution in [2.24, 2.45) is 4.99 Å². The number of aliphatic imine (C=N–C) groups is 1. The van der Waals surface area contributed by atoms with Crippen molar-refractivity contribution in [3.8, 4) is 0 Å². The van der Waals surface area contributed by atoms with Gasteiger partial charge in [0.15, 0.2) is 0 Å². The van der Waals surface area contributed by atoms with Gasteiger partial charge in [0, 0.05) is 0 Å². The highest BCUT2D eigenvalue weighted by molar-refractivity contribution is 7.50. The first-order chi connectivity index (χ1) is 7.20. The van der Waals surface area contributed by atoms with E-state index in [2.05, 4.69) is 4.99 Å². The van der Waals surface area contributed by atoms with Crippen molar-refractivity contribution >= 4 is 25.6 Å². The van der Waals surface area contributed by atoms with E-state index in [-0.39, 0.29) is 0 Å². The highest BCUT2D eigenvalue weighted by Crippen LogP contribution is 2.27. The lowest BCUT2D eigenvalue weighted by atomic mass is 10.6. The van der Waals surface area contributed by atoms with Gasteiger partial charge in [-0.3, -0.25) is 14.7 Å². The van der Waals surface area contributed by atoms with Crippen LogP contribution in [0.15, 0.2) is 4.99 Å². The van der Waals surface area contributed by atoms with Gasteiger partial charge in [-0.05, 0) is 0 Å². The van der Waals surface area contributed by atoms with Crippen LogP contribution in [-0.4, -0.2) is 51.0 Å². The SMILES string of the molecule is O=C(O)CN=C(NCC(=O)O)NP(=O)(O)O. The third-order valence-electron chi connectivity index (χ3n) is 1.03. The number of nitrogens with zero attached hydrogens (tertiary/aromatic N) is 1. The minimum absolute atomic E-state index is 0.599. The summed E-state index contributed by atoms with van der Waals surface area (Å²) in [7, 11) is -4.67. The van der Waals surface area contributed by atoms with E-state index in [1.165, 1.54) is 0 Å². The molecule has 0 bridgehead atoms. The van der Waals surface area contributed by atoms with Crippen LogP contribution in [0.3, 0.4) is 0 Å². The van der Waals surface area contributed by atoms with Gasteiger partial charge < -0.3 is 25.3 Å². The van der Waals surface area contributed by atoms with Gasteiger partial charge in [0.2, 0.25) is 5.96 Å². The molecule has 0 aliphatic carbocycles. The van der Waals surface area contributed by atoms with E-state index < -0.39 is 38.7 Å². The van der Waals surface area contributed by atoms with E-state index in [4.69, 9.17) is 20.0 Å². The summed E-state index contributed by atoms with van der Waals surface area (Å²) < 4.78 is 10.5. The fraction of sp³-hybridized carbons (Fsp3) is 0.400. The molecule has 10 nitrogen and oxygen atoms in total. The Hall–Kier alpha value is -1.64. The Labute approximate surface area is 89.2 Å². The Morgan fingerprint density at radius 2 is 1.75 bits per heavy atom. The fourth-order valence-electron chi connectivity index (χ4n) is 0.575. The monoisotopic (exact) mass is 255 g/mol. The molecule has 0 saturated carbocycles. The number of carbonyl (C=O) groups is 2. The summed E-state index contributed by atoms with van der Waals surface area (Å²) >= 11 is 0. The Morgan fingerprint density at radius 1 is 1.19 bits per heavy atom. The van der Waals surface area contributed by atoms with Gasteiger partial charge in [0.05, 0.1) is 0 Å². The van der Waals surface area contributed by atoms with E-state index in [1.54, 1.807) is 5.09 Å². The molecule has 0 aromatic carbocycles. The molecule has 0 amide bonds. The minimum Gasteiger partial charge on any atom is -0.480 e. The smallest absolute Gasteiger partial charge is 0.429 e. The molecule has 0 rings (SSSR count). The van der Waals surface area contributed by atoms with E-state index >= 15 is 0 Å². The van der Waals surface area contributed by atoms with Crippen molar-refractivity contribution in [1.29, 1.82) is 0 Å². The van der Waals surface area contributed by atoms with E-state index in [1.807, 2.05) is 5.32 Å². The quantitative estimate of drug-likeness (QED) is 0.181. The van der Waals surface area contributed by atoms with E-state index in [0.29, 0.717) is 0 Å². The maximum absolute atomic E-state index is 10.5. The van der Waals surface area contributed by atoms with Gasteiger partial charge in [-0.2, -0.15) is 0 Å². The van der Waals surface area contributed by atoms with Crippen LogP contribution in [0.4, 0.5) is 0 Å². The molecule has 92 valence electrons. The molecule has 0 heterocycles. The van der Waals surface area contributed by atoms with E-state index in [9.17, 15) is 14.2 Å². The molecule has 6 N–H and O–H groups in total. The molecule has 0 aliphatic heterocycles.